The van der Waals surface area contributed by atoms with Gasteiger partial charge in [0.05, 0.1) is 23.7 Å². The number of carbonyl (C=O) groups is 4. The monoisotopic (exact) mass is 868 g/mol. The Hall–Kier alpha value is -2.96. The molecular formula is C38H56F12O8. The predicted molar refractivity (Wildman–Crippen MR) is 184 cm³/mol. The van der Waals surface area contributed by atoms with Crippen LogP contribution in [0.3, 0.4) is 0 Å². The summed E-state index contributed by atoms with van der Waals surface area (Å²) in [5.41, 5.74) is -8.79. The maximum atomic E-state index is 12.9. The fourth-order valence-electron chi connectivity index (χ4n) is 5.70. The molecule has 0 radical (unpaired) electrons. The van der Waals surface area contributed by atoms with Crippen LogP contribution in [-0.2, 0) is 38.1 Å². The van der Waals surface area contributed by atoms with E-state index >= 15 is 0 Å². The Morgan fingerprint density at radius 2 is 0.500 bits per heavy atom. The van der Waals surface area contributed by atoms with E-state index < -0.39 is 94.7 Å². The van der Waals surface area contributed by atoms with Gasteiger partial charge in [0.1, 0.15) is 0 Å². The Bertz CT molecular complexity index is 1340. The zero-order chi connectivity index (χ0) is 45.3. The third kappa shape index (κ3) is 14.1. The van der Waals surface area contributed by atoms with E-state index in [0.29, 0.717) is 32.1 Å². The number of halogens is 12. The molecule has 4 aliphatic rings. The Morgan fingerprint density at radius 1 is 0.328 bits per heavy atom. The maximum absolute atomic E-state index is 12.9. The maximum Gasteiger partial charge on any atom is 0.428 e. The van der Waals surface area contributed by atoms with Crippen molar-refractivity contribution in [1.29, 1.82) is 0 Å². The fraction of sp³-hybridized carbons (Fsp3) is 0.895. The van der Waals surface area contributed by atoms with E-state index in [0.717, 1.165) is 6.42 Å². The summed E-state index contributed by atoms with van der Waals surface area (Å²) in [4.78, 5) is 44.6. The topological polar surface area (TPSA) is 105 Å². The molecule has 340 valence electrons. The second-order valence-electron chi connectivity index (χ2n) is 16.4. The number of alkyl halides is 12. The SMILES string of the molecule is CC(C)C(=O)OC1(C(F)(F)F)CC1.CC(C)C(=O)OC1(C(F)(F)F)CCC1.CC(C)C(=O)OC1(C(F)(F)F)CCCC1.CC(C)C(=O)OC1(C(F)(F)F)CCCCC1. The minimum atomic E-state index is -4.46. The molecule has 0 spiro atoms. The van der Waals surface area contributed by atoms with Crippen LogP contribution in [0.2, 0.25) is 0 Å². The summed E-state index contributed by atoms with van der Waals surface area (Å²) >= 11 is 0. The average molecular weight is 869 g/mol. The van der Waals surface area contributed by atoms with E-state index in [1.165, 1.54) is 55.4 Å². The van der Waals surface area contributed by atoms with E-state index in [4.69, 9.17) is 4.74 Å². The lowest BCUT2D eigenvalue weighted by atomic mass is 9.79. The van der Waals surface area contributed by atoms with Crippen molar-refractivity contribution in [2.75, 3.05) is 0 Å². The highest BCUT2D eigenvalue weighted by atomic mass is 19.4. The lowest BCUT2D eigenvalue weighted by Crippen LogP contribution is -2.54. The van der Waals surface area contributed by atoms with Crippen LogP contribution in [0, 0.1) is 23.7 Å². The van der Waals surface area contributed by atoms with Crippen molar-refractivity contribution in [2.45, 2.75) is 192 Å². The quantitative estimate of drug-likeness (QED) is 0.135. The summed E-state index contributed by atoms with van der Waals surface area (Å²) < 4.78 is 170. The number of esters is 4. The van der Waals surface area contributed by atoms with Crippen molar-refractivity contribution in [3.63, 3.8) is 0 Å². The summed E-state index contributed by atoms with van der Waals surface area (Å²) in [6.07, 6.45) is -15.5. The average Bonchev–Trinajstić information content (AvgIpc) is 3.69. The third-order valence-electron chi connectivity index (χ3n) is 10.1. The van der Waals surface area contributed by atoms with Crippen LogP contribution in [0.1, 0.15) is 145 Å². The molecule has 0 aliphatic heterocycles. The molecule has 0 bridgehead atoms. The van der Waals surface area contributed by atoms with Crippen molar-refractivity contribution in [3.8, 4) is 0 Å². The Labute approximate surface area is 330 Å². The van der Waals surface area contributed by atoms with E-state index in [1.807, 2.05) is 0 Å². The third-order valence-corrected chi connectivity index (χ3v) is 10.1. The van der Waals surface area contributed by atoms with Crippen molar-refractivity contribution in [2.24, 2.45) is 23.7 Å². The van der Waals surface area contributed by atoms with Gasteiger partial charge in [0.25, 0.3) is 0 Å². The van der Waals surface area contributed by atoms with Gasteiger partial charge in [-0.15, -0.1) is 0 Å². The first-order valence-electron chi connectivity index (χ1n) is 19.3. The van der Waals surface area contributed by atoms with Gasteiger partial charge in [0.15, 0.2) is 0 Å². The number of carbonyl (C=O) groups excluding carboxylic acids is 4. The lowest BCUT2D eigenvalue weighted by Gasteiger charge is -2.42. The molecule has 0 aromatic rings. The standard InChI is InChI=1S/C11H17F3O2.C10H15F3O2.C9H13F3O2.C8H11F3O2/c1-8(2)9(15)16-10(11(12,13)14)6-4-3-5-7-10;1-7(2)8(14)15-9(10(11,12)13)5-3-4-6-9;1-6(2)7(13)14-8(4-3-5-8)9(10,11)12;1-5(2)6(12)13-7(3-4-7)8(9,10)11/h8H,3-7H2,1-2H3;7H,3-6H2,1-2H3;6H,3-5H2,1-2H3;5H,3-4H2,1-2H3. The molecule has 4 fully saturated rings. The second kappa shape index (κ2) is 20.1. The van der Waals surface area contributed by atoms with Crippen LogP contribution in [0.5, 0.6) is 0 Å². The van der Waals surface area contributed by atoms with Gasteiger partial charge in [0, 0.05) is 12.8 Å². The van der Waals surface area contributed by atoms with Crippen molar-refractivity contribution < 1.29 is 90.8 Å². The highest BCUT2D eigenvalue weighted by Gasteiger charge is 2.67. The van der Waals surface area contributed by atoms with E-state index in [1.54, 1.807) is 0 Å². The molecule has 0 unspecified atom stereocenters. The highest BCUT2D eigenvalue weighted by Crippen LogP contribution is 2.53. The first-order chi connectivity index (χ1) is 26.1. The summed E-state index contributed by atoms with van der Waals surface area (Å²) in [6.45, 7) is 12.2. The Morgan fingerprint density at radius 3 is 0.638 bits per heavy atom. The predicted octanol–water partition coefficient (Wildman–Crippen LogP) is 11.5. The molecule has 0 saturated heterocycles. The van der Waals surface area contributed by atoms with Crippen molar-refractivity contribution in [1.82, 2.24) is 0 Å². The molecule has 20 heteroatoms. The first kappa shape index (κ1) is 53.1. The van der Waals surface area contributed by atoms with Crippen LogP contribution < -0.4 is 0 Å². The minimum Gasteiger partial charge on any atom is -0.449 e. The molecule has 4 rings (SSSR count). The van der Waals surface area contributed by atoms with Gasteiger partial charge in [-0.25, -0.2) is 0 Å². The van der Waals surface area contributed by atoms with Crippen LogP contribution in [-0.4, -0.2) is 71.0 Å². The zero-order valence-electron chi connectivity index (χ0n) is 34.0. The molecule has 4 saturated carbocycles. The molecule has 58 heavy (non-hydrogen) atoms. The summed E-state index contributed by atoms with van der Waals surface area (Å²) in [5.74, 6) is -5.18. The van der Waals surface area contributed by atoms with Crippen LogP contribution in [0.25, 0.3) is 0 Å². The van der Waals surface area contributed by atoms with Gasteiger partial charge in [-0.2, -0.15) is 52.7 Å². The molecule has 8 nitrogen and oxygen atoms in total. The van der Waals surface area contributed by atoms with Gasteiger partial charge in [-0.3, -0.25) is 19.2 Å². The summed E-state index contributed by atoms with van der Waals surface area (Å²) in [5, 5.41) is 0. The highest BCUT2D eigenvalue weighted by molar-refractivity contribution is 5.73. The molecule has 4 aliphatic carbocycles. The normalized spacial score (nSPS) is 20.6. The molecule has 0 heterocycles. The Balaban J connectivity index is 0.000000388. The Kier molecular flexibility index (Phi) is 18.4. The number of hydrogen-bond acceptors (Lipinski definition) is 8. The zero-order valence-corrected chi connectivity index (χ0v) is 34.0. The van der Waals surface area contributed by atoms with Crippen LogP contribution >= 0.6 is 0 Å². The van der Waals surface area contributed by atoms with Gasteiger partial charge < -0.3 is 18.9 Å². The summed E-state index contributed by atoms with van der Waals surface area (Å²) in [6, 6.07) is 0. The van der Waals surface area contributed by atoms with Crippen LogP contribution in [0.15, 0.2) is 0 Å². The number of ether oxygens (including phenoxy) is 4. The van der Waals surface area contributed by atoms with E-state index in [2.05, 4.69) is 14.2 Å². The molecular weight excluding hydrogens is 812 g/mol. The second-order valence-corrected chi connectivity index (χ2v) is 16.4. The number of hydrogen-bond donors (Lipinski definition) is 0. The molecule has 0 N–H and O–H groups in total. The fourth-order valence-corrected chi connectivity index (χ4v) is 5.70. The van der Waals surface area contributed by atoms with Gasteiger partial charge in [0.2, 0.25) is 22.4 Å². The molecule has 0 aromatic heterocycles. The first-order valence-corrected chi connectivity index (χ1v) is 19.3. The van der Waals surface area contributed by atoms with Gasteiger partial charge in [-0.05, 0) is 70.6 Å². The summed E-state index contributed by atoms with van der Waals surface area (Å²) in [7, 11) is 0. The van der Waals surface area contributed by atoms with Gasteiger partial charge in [-0.1, -0.05) is 61.8 Å². The van der Waals surface area contributed by atoms with Crippen molar-refractivity contribution in [3.05, 3.63) is 0 Å². The van der Waals surface area contributed by atoms with E-state index in [-0.39, 0.29) is 51.4 Å². The largest absolute Gasteiger partial charge is 0.449 e. The lowest BCUT2D eigenvalue weighted by molar-refractivity contribution is -0.295. The van der Waals surface area contributed by atoms with Crippen molar-refractivity contribution >= 4 is 23.9 Å². The van der Waals surface area contributed by atoms with Crippen LogP contribution in [0.4, 0.5) is 52.7 Å². The smallest absolute Gasteiger partial charge is 0.428 e. The molecule has 0 aromatic carbocycles. The molecule has 0 atom stereocenters. The number of rotatable bonds is 8. The van der Waals surface area contributed by atoms with E-state index in [9.17, 15) is 71.9 Å². The minimum absolute atomic E-state index is 0.102. The molecule has 0 amide bonds. The van der Waals surface area contributed by atoms with Gasteiger partial charge >= 0.3 is 48.6 Å².